The van der Waals surface area contributed by atoms with Gasteiger partial charge in [-0.3, -0.25) is 4.90 Å². The minimum atomic E-state index is 0.316. The number of hydrogen-bond donors (Lipinski definition) is 0. The van der Waals surface area contributed by atoms with Gasteiger partial charge in [0.2, 0.25) is 0 Å². The molecule has 80 valence electrons. The highest BCUT2D eigenvalue weighted by atomic mass is 15.2. The van der Waals surface area contributed by atoms with E-state index in [1.54, 1.807) is 0 Å². The zero-order valence-electron chi connectivity index (χ0n) is 9.71. The summed E-state index contributed by atoms with van der Waals surface area (Å²) >= 11 is 0. The predicted molar refractivity (Wildman–Crippen MR) is 58.9 cm³/mol. The summed E-state index contributed by atoms with van der Waals surface area (Å²) in [5.74, 6) is 0.604. The number of unbranched alkanes of at least 4 members (excludes halogenated alkanes) is 1. The lowest BCUT2D eigenvalue weighted by atomic mass is 9.95. The van der Waals surface area contributed by atoms with Crippen LogP contribution in [0.5, 0.6) is 0 Å². The number of nitrogens with zero attached hydrogens (tertiary/aromatic N) is 2. The van der Waals surface area contributed by atoms with E-state index in [0.29, 0.717) is 11.5 Å². The molecule has 0 amide bonds. The Kier molecular flexibility index (Phi) is 3.95. The second-order valence-corrected chi connectivity index (χ2v) is 5.04. The van der Waals surface area contributed by atoms with Gasteiger partial charge in [-0.2, -0.15) is 5.26 Å². The topological polar surface area (TPSA) is 27.0 Å². The van der Waals surface area contributed by atoms with Gasteiger partial charge in [0.25, 0.3) is 0 Å². The van der Waals surface area contributed by atoms with Crippen LogP contribution in [0.1, 0.15) is 46.5 Å². The zero-order chi connectivity index (χ0) is 10.6. The summed E-state index contributed by atoms with van der Waals surface area (Å²) in [4.78, 5) is 2.55. The quantitative estimate of drug-likeness (QED) is 0.688. The molecular formula is C12H22N2. The van der Waals surface area contributed by atoms with Crippen LogP contribution in [0, 0.1) is 17.2 Å². The molecule has 0 N–H and O–H groups in total. The lowest BCUT2D eigenvalue weighted by molar-refractivity contribution is 0.172. The van der Waals surface area contributed by atoms with Crippen LogP contribution in [0.2, 0.25) is 0 Å². The largest absolute Gasteiger partial charge is 0.298 e. The zero-order valence-corrected chi connectivity index (χ0v) is 9.71. The van der Waals surface area contributed by atoms with Gasteiger partial charge in [-0.15, -0.1) is 0 Å². The number of rotatable bonds is 4. The van der Waals surface area contributed by atoms with Gasteiger partial charge in [0.1, 0.15) is 0 Å². The first-order valence-corrected chi connectivity index (χ1v) is 5.72. The van der Waals surface area contributed by atoms with Crippen LogP contribution in [-0.2, 0) is 0 Å². The van der Waals surface area contributed by atoms with Gasteiger partial charge in [-0.1, -0.05) is 13.3 Å². The molecule has 1 saturated heterocycles. The minimum Gasteiger partial charge on any atom is -0.298 e. The van der Waals surface area contributed by atoms with E-state index in [1.807, 2.05) is 0 Å². The predicted octanol–water partition coefficient (Wildman–Crippen LogP) is 2.80. The Morgan fingerprint density at radius 3 is 2.79 bits per heavy atom. The number of likely N-dealkylation sites (tertiary alicyclic amines) is 1. The third kappa shape index (κ3) is 2.72. The Balaban J connectivity index is 2.47. The average Bonchev–Trinajstić information content (AvgIpc) is 2.38. The molecule has 1 fully saturated rings. The molecule has 0 radical (unpaired) electrons. The summed E-state index contributed by atoms with van der Waals surface area (Å²) in [6.45, 7) is 9.17. The van der Waals surface area contributed by atoms with Crippen LogP contribution < -0.4 is 0 Å². The Bertz CT molecular complexity index is 215. The molecule has 0 aromatic rings. The van der Waals surface area contributed by atoms with Gasteiger partial charge in [0.15, 0.2) is 0 Å². The normalized spacial score (nSPS) is 26.3. The van der Waals surface area contributed by atoms with E-state index in [-0.39, 0.29) is 0 Å². The van der Waals surface area contributed by atoms with Gasteiger partial charge in [0.05, 0.1) is 6.07 Å². The smallest absolute Gasteiger partial charge is 0.0625 e. The number of hydrogen-bond acceptors (Lipinski definition) is 2. The van der Waals surface area contributed by atoms with Crippen molar-refractivity contribution in [3.8, 4) is 6.07 Å². The van der Waals surface area contributed by atoms with Crippen LogP contribution in [0.3, 0.4) is 0 Å². The van der Waals surface area contributed by atoms with Crippen molar-refractivity contribution in [2.45, 2.75) is 52.0 Å². The van der Waals surface area contributed by atoms with Crippen LogP contribution in [0.25, 0.3) is 0 Å². The van der Waals surface area contributed by atoms with E-state index in [0.717, 1.165) is 13.0 Å². The molecule has 1 rings (SSSR count). The Labute approximate surface area is 87.9 Å². The van der Waals surface area contributed by atoms with Gasteiger partial charge in [-0.25, -0.2) is 0 Å². The van der Waals surface area contributed by atoms with E-state index < -0.39 is 0 Å². The molecule has 1 heterocycles. The molecule has 2 nitrogen and oxygen atoms in total. The summed E-state index contributed by atoms with van der Waals surface area (Å²) in [7, 11) is 0. The average molecular weight is 194 g/mol. The molecule has 1 aliphatic heterocycles. The SMILES string of the molecule is CCCCN1CC(CC#N)CC1(C)C. The summed E-state index contributed by atoms with van der Waals surface area (Å²) in [6.07, 6.45) is 4.45. The van der Waals surface area contributed by atoms with E-state index in [1.165, 1.54) is 25.8 Å². The van der Waals surface area contributed by atoms with Crippen LogP contribution in [0.15, 0.2) is 0 Å². The molecule has 0 aromatic carbocycles. The van der Waals surface area contributed by atoms with Crippen molar-refractivity contribution >= 4 is 0 Å². The third-order valence-electron chi connectivity index (χ3n) is 3.28. The molecule has 0 aliphatic carbocycles. The second kappa shape index (κ2) is 4.79. The monoisotopic (exact) mass is 194 g/mol. The molecule has 0 bridgehead atoms. The molecule has 0 aromatic heterocycles. The molecule has 1 atom stereocenters. The maximum Gasteiger partial charge on any atom is 0.0625 e. The van der Waals surface area contributed by atoms with Crippen molar-refractivity contribution in [1.29, 1.82) is 5.26 Å². The van der Waals surface area contributed by atoms with Crippen LogP contribution >= 0.6 is 0 Å². The minimum absolute atomic E-state index is 0.316. The standard InChI is InChI=1S/C12H22N2/c1-4-5-8-14-10-11(6-7-13)9-12(14,2)3/h11H,4-6,8-10H2,1-3H3. The Hall–Kier alpha value is -0.550. The van der Waals surface area contributed by atoms with Crippen LogP contribution in [0.4, 0.5) is 0 Å². The fourth-order valence-corrected chi connectivity index (χ4v) is 2.47. The Morgan fingerprint density at radius 1 is 1.50 bits per heavy atom. The first kappa shape index (κ1) is 11.5. The van der Waals surface area contributed by atoms with E-state index in [9.17, 15) is 0 Å². The van der Waals surface area contributed by atoms with Gasteiger partial charge >= 0.3 is 0 Å². The van der Waals surface area contributed by atoms with Crippen molar-refractivity contribution in [3.63, 3.8) is 0 Å². The molecule has 0 spiro atoms. The highest BCUT2D eigenvalue weighted by Gasteiger charge is 2.37. The van der Waals surface area contributed by atoms with Crippen molar-refractivity contribution in [1.82, 2.24) is 4.90 Å². The highest BCUT2D eigenvalue weighted by molar-refractivity contribution is 4.95. The molecule has 0 saturated carbocycles. The third-order valence-corrected chi connectivity index (χ3v) is 3.28. The first-order chi connectivity index (χ1) is 6.60. The summed E-state index contributed by atoms with van der Waals surface area (Å²) in [5, 5.41) is 8.69. The summed E-state index contributed by atoms with van der Waals surface area (Å²) < 4.78 is 0. The van der Waals surface area contributed by atoms with Gasteiger partial charge in [-0.05, 0) is 39.2 Å². The molecule has 1 aliphatic rings. The van der Waals surface area contributed by atoms with Crippen molar-refractivity contribution in [3.05, 3.63) is 0 Å². The van der Waals surface area contributed by atoms with Gasteiger partial charge < -0.3 is 0 Å². The maximum atomic E-state index is 8.69. The fourth-order valence-electron chi connectivity index (χ4n) is 2.47. The van der Waals surface area contributed by atoms with Crippen LogP contribution in [-0.4, -0.2) is 23.5 Å². The van der Waals surface area contributed by atoms with E-state index >= 15 is 0 Å². The first-order valence-electron chi connectivity index (χ1n) is 5.72. The lowest BCUT2D eigenvalue weighted by Crippen LogP contribution is -2.38. The molecule has 2 heteroatoms. The van der Waals surface area contributed by atoms with Crippen molar-refractivity contribution in [2.24, 2.45) is 5.92 Å². The van der Waals surface area contributed by atoms with Crippen molar-refractivity contribution < 1.29 is 0 Å². The van der Waals surface area contributed by atoms with Gasteiger partial charge in [0, 0.05) is 18.5 Å². The highest BCUT2D eigenvalue weighted by Crippen LogP contribution is 2.34. The molecular weight excluding hydrogens is 172 g/mol. The fraction of sp³-hybridized carbons (Fsp3) is 0.917. The Morgan fingerprint density at radius 2 is 2.21 bits per heavy atom. The summed E-state index contributed by atoms with van der Waals surface area (Å²) in [6, 6.07) is 2.30. The molecule has 14 heavy (non-hydrogen) atoms. The van der Waals surface area contributed by atoms with E-state index in [4.69, 9.17) is 5.26 Å². The summed E-state index contributed by atoms with van der Waals surface area (Å²) in [5.41, 5.74) is 0.316. The van der Waals surface area contributed by atoms with Crippen molar-refractivity contribution in [2.75, 3.05) is 13.1 Å². The second-order valence-electron chi connectivity index (χ2n) is 5.04. The number of nitriles is 1. The van der Waals surface area contributed by atoms with E-state index in [2.05, 4.69) is 31.7 Å². The lowest BCUT2D eigenvalue weighted by Gasteiger charge is -2.31. The maximum absolute atomic E-state index is 8.69. The molecule has 1 unspecified atom stereocenters.